The molecule has 1 spiro atoms. The Bertz CT molecular complexity index is 818. The van der Waals surface area contributed by atoms with Crippen molar-refractivity contribution in [2.24, 2.45) is 0 Å². The van der Waals surface area contributed by atoms with E-state index >= 15 is 0 Å². The summed E-state index contributed by atoms with van der Waals surface area (Å²) in [6, 6.07) is 5.23. The largest absolute Gasteiger partial charge is 0.439 e. The van der Waals surface area contributed by atoms with Gasteiger partial charge in [0.05, 0.1) is 24.1 Å². The number of nitrogens with one attached hydrogen (secondary N) is 2. The molecular weight excluding hydrogens is 312 g/mol. The maximum atomic E-state index is 12.8. The molecular formula is C16H18N4O4. The number of piperidine rings is 1. The lowest BCUT2D eigenvalue weighted by molar-refractivity contribution is -0.00503. The van der Waals surface area contributed by atoms with Gasteiger partial charge in [-0.15, -0.1) is 0 Å². The summed E-state index contributed by atoms with van der Waals surface area (Å²) in [7, 11) is 0. The highest BCUT2D eigenvalue weighted by Crippen LogP contribution is 2.29. The van der Waals surface area contributed by atoms with Crippen molar-refractivity contribution in [2.75, 3.05) is 19.6 Å². The smallest absolute Gasteiger partial charge is 0.407 e. The van der Waals surface area contributed by atoms with Gasteiger partial charge in [0.1, 0.15) is 18.0 Å². The zero-order valence-corrected chi connectivity index (χ0v) is 13.0. The lowest BCUT2D eigenvalue weighted by Crippen LogP contribution is -2.52. The molecule has 1 aromatic heterocycles. The van der Waals surface area contributed by atoms with Gasteiger partial charge >= 0.3 is 6.09 Å². The third-order valence-corrected chi connectivity index (χ3v) is 4.62. The van der Waals surface area contributed by atoms with Gasteiger partial charge in [0.15, 0.2) is 0 Å². The number of carbonyl (C=O) groups is 2. The monoisotopic (exact) mass is 330 g/mol. The van der Waals surface area contributed by atoms with E-state index in [1.54, 1.807) is 23.1 Å². The number of nitrogens with zero attached hydrogens (tertiary/aromatic N) is 2. The molecule has 0 saturated carbocycles. The summed E-state index contributed by atoms with van der Waals surface area (Å²) in [5, 5.41) is 11.8. The average molecular weight is 330 g/mol. The number of H-pyrrole nitrogens is 1. The molecule has 0 aliphatic carbocycles. The van der Waals surface area contributed by atoms with Gasteiger partial charge < -0.3 is 25.0 Å². The van der Waals surface area contributed by atoms with Crippen LogP contribution in [0.15, 0.2) is 18.2 Å². The summed E-state index contributed by atoms with van der Waals surface area (Å²) in [6.45, 7) is 1.30. The summed E-state index contributed by atoms with van der Waals surface area (Å²) in [6.07, 6.45) is 1.14. The molecule has 0 unspecified atom stereocenters. The van der Waals surface area contributed by atoms with E-state index in [0.717, 1.165) is 12.8 Å². The number of aromatic nitrogens is 2. The first-order valence-electron chi connectivity index (χ1n) is 7.94. The van der Waals surface area contributed by atoms with Crippen LogP contribution in [-0.4, -0.2) is 57.2 Å². The first-order valence-corrected chi connectivity index (χ1v) is 7.94. The Hall–Kier alpha value is -2.61. The second-order valence-electron chi connectivity index (χ2n) is 6.33. The van der Waals surface area contributed by atoms with Crippen molar-refractivity contribution in [2.45, 2.75) is 25.0 Å². The van der Waals surface area contributed by atoms with Crippen LogP contribution in [-0.2, 0) is 11.3 Å². The van der Waals surface area contributed by atoms with E-state index in [1.165, 1.54) is 0 Å². The SMILES string of the molecule is O=C1NC[C@@]2(CCCN(C(=O)c3ccc4nc(CO)[nH]c4c3)C2)O1. The second-order valence-corrected chi connectivity index (χ2v) is 6.33. The number of likely N-dealkylation sites (tertiary alicyclic amines) is 1. The van der Waals surface area contributed by atoms with Gasteiger partial charge in [-0.25, -0.2) is 9.78 Å². The number of aliphatic hydroxyl groups is 1. The van der Waals surface area contributed by atoms with Gasteiger partial charge in [-0.05, 0) is 31.0 Å². The Balaban J connectivity index is 1.57. The molecule has 0 bridgehead atoms. The van der Waals surface area contributed by atoms with E-state index < -0.39 is 11.7 Å². The van der Waals surface area contributed by atoms with Gasteiger partial charge in [-0.3, -0.25) is 4.79 Å². The number of hydrogen-bond donors (Lipinski definition) is 3. The van der Waals surface area contributed by atoms with Crippen molar-refractivity contribution in [3.05, 3.63) is 29.6 Å². The van der Waals surface area contributed by atoms with Gasteiger partial charge in [-0.2, -0.15) is 0 Å². The zero-order chi connectivity index (χ0) is 16.7. The number of rotatable bonds is 2. The molecule has 1 atom stereocenters. The molecule has 2 amide bonds. The van der Waals surface area contributed by atoms with E-state index in [0.29, 0.717) is 42.1 Å². The normalized spacial score (nSPS) is 23.5. The van der Waals surface area contributed by atoms with Crippen LogP contribution in [0.2, 0.25) is 0 Å². The predicted molar refractivity (Wildman–Crippen MR) is 84.4 cm³/mol. The molecule has 2 aliphatic heterocycles. The Labute approximate surface area is 137 Å². The first-order chi connectivity index (χ1) is 11.6. The number of fused-ring (bicyclic) bond motifs is 1. The molecule has 3 heterocycles. The minimum Gasteiger partial charge on any atom is -0.439 e. The number of ether oxygens (including phenoxy) is 1. The van der Waals surface area contributed by atoms with Crippen LogP contribution in [0.4, 0.5) is 4.79 Å². The summed E-state index contributed by atoms with van der Waals surface area (Å²) in [5.41, 5.74) is 1.36. The highest BCUT2D eigenvalue weighted by atomic mass is 16.6. The van der Waals surface area contributed by atoms with Crippen LogP contribution in [0.5, 0.6) is 0 Å². The number of alkyl carbamates (subject to hydrolysis) is 1. The van der Waals surface area contributed by atoms with E-state index in [1.807, 2.05) is 0 Å². The van der Waals surface area contributed by atoms with Crippen LogP contribution in [0, 0.1) is 0 Å². The average Bonchev–Trinajstić information content (AvgIpc) is 3.16. The fourth-order valence-corrected chi connectivity index (χ4v) is 3.45. The molecule has 8 heteroatoms. The van der Waals surface area contributed by atoms with Crippen LogP contribution in [0.25, 0.3) is 11.0 Å². The molecule has 2 saturated heterocycles. The summed E-state index contributed by atoms with van der Waals surface area (Å²) in [4.78, 5) is 33.1. The topological polar surface area (TPSA) is 108 Å². The molecule has 24 heavy (non-hydrogen) atoms. The molecule has 0 radical (unpaired) electrons. The first kappa shape index (κ1) is 14.9. The van der Waals surface area contributed by atoms with E-state index in [2.05, 4.69) is 15.3 Å². The molecule has 4 rings (SSSR count). The Kier molecular flexibility index (Phi) is 3.42. The van der Waals surface area contributed by atoms with E-state index in [9.17, 15) is 9.59 Å². The number of amides is 2. The van der Waals surface area contributed by atoms with Crippen molar-refractivity contribution in [3.63, 3.8) is 0 Å². The van der Waals surface area contributed by atoms with Crippen LogP contribution < -0.4 is 5.32 Å². The number of hydrogen-bond acceptors (Lipinski definition) is 5. The molecule has 8 nitrogen and oxygen atoms in total. The van der Waals surface area contributed by atoms with Crippen molar-refractivity contribution >= 4 is 23.0 Å². The third-order valence-electron chi connectivity index (χ3n) is 4.62. The van der Waals surface area contributed by atoms with Gasteiger partial charge in [0.2, 0.25) is 0 Å². The number of imidazole rings is 1. The van der Waals surface area contributed by atoms with E-state index in [-0.39, 0.29) is 12.5 Å². The van der Waals surface area contributed by atoms with Crippen molar-refractivity contribution < 1.29 is 19.4 Å². The quantitative estimate of drug-likeness (QED) is 0.754. The van der Waals surface area contributed by atoms with Gasteiger partial charge in [-0.1, -0.05) is 0 Å². The summed E-state index contributed by atoms with van der Waals surface area (Å²) in [5.74, 6) is 0.370. The standard InChI is InChI=1S/C16H18N4O4/c21-7-13-18-11-3-2-10(6-12(11)19-13)14(22)20-5-1-4-16(9-20)8-17-15(23)24-16/h2-3,6,21H,1,4-5,7-9H2,(H,17,23)(H,18,19)/t16-/m1/s1. The lowest BCUT2D eigenvalue weighted by Gasteiger charge is -2.38. The van der Waals surface area contributed by atoms with Crippen molar-refractivity contribution in [1.82, 2.24) is 20.2 Å². The number of aliphatic hydroxyl groups excluding tert-OH is 1. The molecule has 2 fully saturated rings. The van der Waals surface area contributed by atoms with Crippen molar-refractivity contribution in [1.29, 1.82) is 0 Å². The van der Waals surface area contributed by atoms with E-state index in [4.69, 9.17) is 9.84 Å². The Morgan fingerprint density at radius 3 is 3.08 bits per heavy atom. The number of benzene rings is 1. The Morgan fingerprint density at radius 1 is 1.46 bits per heavy atom. The molecule has 2 aliphatic rings. The fourth-order valence-electron chi connectivity index (χ4n) is 3.45. The minimum atomic E-state index is -0.604. The highest BCUT2D eigenvalue weighted by Gasteiger charge is 2.44. The van der Waals surface area contributed by atoms with Crippen LogP contribution in [0.1, 0.15) is 29.0 Å². The Morgan fingerprint density at radius 2 is 2.33 bits per heavy atom. The maximum absolute atomic E-state index is 12.8. The van der Waals surface area contributed by atoms with Gasteiger partial charge in [0, 0.05) is 12.1 Å². The fraction of sp³-hybridized carbons (Fsp3) is 0.438. The second kappa shape index (κ2) is 5.48. The summed E-state index contributed by atoms with van der Waals surface area (Å²) < 4.78 is 5.41. The number of aromatic amines is 1. The van der Waals surface area contributed by atoms with Crippen LogP contribution >= 0.6 is 0 Å². The lowest BCUT2D eigenvalue weighted by atomic mass is 9.92. The number of carbonyl (C=O) groups excluding carboxylic acids is 2. The predicted octanol–water partition coefficient (Wildman–Crippen LogP) is 0.770. The molecule has 2 aromatic rings. The van der Waals surface area contributed by atoms with Crippen LogP contribution in [0.3, 0.4) is 0 Å². The van der Waals surface area contributed by atoms with Crippen molar-refractivity contribution in [3.8, 4) is 0 Å². The van der Waals surface area contributed by atoms with Gasteiger partial charge in [0.25, 0.3) is 5.91 Å². The highest BCUT2D eigenvalue weighted by molar-refractivity contribution is 5.97. The third kappa shape index (κ3) is 2.48. The molecule has 3 N–H and O–H groups in total. The molecule has 126 valence electrons. The maximum Gasteiger partial charge on any atom is 0.407 e. The summed E-state index contributed by atoms with van der Waals surface area (Å²) >= 11 is 0. The zero-order valence-electron chi connectivity index (χ0n) is 13.0. The molecule has 1 aromatic carbocycles. The minimum absolute atomic E-state index is 0.0981.